The Morgan fingerprint density at radius 2 is 2.09 bits per heavy atom. The van der Waals surface area contributed by atoms with Crippen molar-refractivity contribution >= 4 is 39.7 Å². The highest BCUT2D eigenvalue weighted by Gasteiger charge is 2.33. The first-order valence-corrected chi connectivity index (χ1v) is 7.86. The van der Waals surface area contributed by atoms with Crippen LogP contribution in [0.15, 0.2) is 24.4 Å². The lowest BCUT2D eigenvalue weighted by Gasteiger charge is -2.14. The number of rotatable bonds is 6. The van der Waals surface area contributed by atoms with Crippen molar-refractivity contribution in [1.82, 2.24) is 4.98 Å². The summed E-state index contributed by atoms with van der Waals surface area (Å²) in [7, 11) is 0. The molecule has 0 amide bonds. The van der Waals surface area contributed by atoms with Gasteiger partial charge in [0.15, 0.2) is 5.13 Å². The SMILES string of the molecule is OC(CNc1ncc(C(F)(F)F)s1)COc1cccc(Cl)c1Cl. The van der Waals surface area contributed by atoms with Crippen LogP contribution >= 0.6 is 34.5 Å². The van der Waals surface area contributed by atoms with Crippen LogP contribution in [0.4, 0.5) is 18.3 Å². The summed E-state index contributed by atoms with van der Waals surface area (Å²) in [5.41, 5.74) is 0. The molecule has 2 aromatic rings. The highest BCUT2D eigenvalue weighted by Crippen LogP contribution is 2.35. The van der Waals surface area contributed by atoms with Gasteiger partial charge in [-0.3, -0.25) is 0 Å². The third-order valence-corrected chi connectivity index (χ3v) is 4.42. The minimum Gasteiger partial charge on any atom is -0.489 e. The fraction of sp³-hybridized carbons (Fsp3) is 0.308. The van der Waals surface area contributed by atoms with Crippen molar-refractivity contribution in [3.63, 3.8) is 0 Å². The van der Waals surface area contributed by atoms with E-state index in [1.165, 1.54) is 0 Å². The Bertz CT molecular complexity index is 667. The molecule has 0 radical (unpaired) electrons. The van der Waals surface area contributed by atoms with Crippen LogP contribution in [0.2, 0.25) is 10.0 Å². The number of alkyl halides is 3. The molecule has 1 aromatic carbocycles. The summed E-state index contributed by atoms with van der Waals surface area (Å²) in [6.45, 7) is -0.131. The van der Waals surface area contributed by atoms with Crippen LogP contribution in [0.5, 0.6) is 5.75 Å². The van der Waals surface area contributed by atoms with E-state index in [4.69, 9.17) is 27.9 Å². The van der Waals surface area contributed by atoms with E-state index in [0.717, 1.165) is 6.20 Å². The number of nitrogens with zero attached hydrogens (tertiary/aromatic N) is 1. The number of nitrogens with one attached hydrogen (secondary N) is 1. The first kappa shape index (κ1) is 18.1. The number of hydrogen-bond acceptors (Lipinski definition) is 5. The molecule has 2 rings (SSSR count). The second-order valence-electron chi connectivity index (χ2n) is 4.43. The van der Waals surface area contributed by atoms with E-state index < -0.39 is 17.2 Å². The van der Waals surface area contributed by atoms with E-state index in [1.54, 1.807) is 18.2 Å². The molecule has 0 bridgehead atoms. The van der Waals surface area contributed by atoms with Crippen molar-refractivity contribution in [3.8, 4) is 5.75 Å². The third-order valence-electron chi connectivity index (χ3n) is 2.62. The van der Waals surface area contributed by atoms with E-state index in [2.05, 4.69) is 10.3 Å². The van der Waals surface area contributed by atoms with Gasteiger partial charge in [0.25, 0.3) is 0 Å². The molecule has 0 saturated heterocycles. The number of aromatic nitrogens is 1. The maximum Gasteiger partial charge on any atom is 0.427 e. The Morgan fingerprint density at radius 3 is 2.74 bits per heavy atom. The van der Waals surface area contributed by atoms with E-state index in [1.807, 2.05) is 0 Å². The normalized spacial score (nSPS) is 13.0. The van der Waals surface area contributed by atoms with E-state index in [0.29, 0.717) is 22.1 Å². The summed E-state index contributed by atoms with van der Waals surface area (Å²) in [6.07, 6.45) is -4.66. The van der Waals surface area contributed by atoms with Crippen LogP contribution in [0, 0.1) is 0 Å². The molecule has 0 saturated carbocycles. The molecule has 2 N–H and O–H groups in total. The fourth-order valence-corrected chi connectivity index (χ4v) is 2.57. The highest BCUT2D eigenvalue weighted by atomic mass is 35.5. The van der Waals surface area contributed by atoms with Gasteiger partial charge in [-0.2, -0.15) is 13.2 Å². The Balaban J connectivity index is 1.82. The summed E-state index contributed by atoms with van der Waals surface area (Å²) in [4.78, 5) is 2.79. The zero-order valence-electron chi connectivity index (χ0n) is 11.4. The smallest absolute Gasteiger partial charge is 0.427 e. The van der Waals surface area contributed by atoms with Crippen LogP contribution in [0.25, 0.3) is 0 Å². The van der Waals surface area contributed by atoms with Gasteiger partial charge < -0.3 is 15.2 Å². The van der Waals surface area contributed by atoms with Crippen LogP contribution < -0.4 is 10.1 Å². The number of hydrogen-bond donors (Lipinski definition) is 2. The van der Waals surface area contributed by atoms with Gasteiger partial charge in [0, 0.05) is 6.54 Å². The molecular formula is C13H11Cl2F3N2O2S. The first-order chi connectivity index (χ1) is 10.8. The van der Waals surface area contributed by atoms with Crippen molar-refractivity contribution in [2.45, 2.75) is 12.3 Å². The average Bonchev–Trinajstić information content (AvgIpc) is 2.96. The molecular weight excluding hydrogens is 376 g/mol. The summed E-state index contributed by atoms with van der Waals surface area (Å²) >= 11 is 12.2. The summed E-state index contributed by atoms with van der Waals surface area (Å²) in [5.74, 6) is 0.312. The number of thiazole rings is 1. The predicted octanol–water partition coefficient (Wildman–Crippen LogP) is 4.32. The van der Waals surface area contributed by atoms with Crippen LogP contribution in [-0.2, 0) is 6.18 Å². The number of aliphatic hydroxyl groups is 1. The quantitative estimate of drug-likeness (QED) is 0.775. The lowest BCUT2D eigenvalue weighted by Crippen LogP contribution is -2.26. The maximum atomic E-state index is 12.4. The van der Waals surface area contributed by atoms with Crippen LogP contribution in [0.1, 0.15) is 4.88 Å². The zero-order chi connectivity index (χ0) is 17.0. The predicted molar refractivity (Wildman–Crippen MR) is 83.6 cm³/mol. The van der Waals surface area contributed by atoms with Crippen molar-refractivity contribution in [1.29, 1.82) is 0 Å². The number of halogens is 5. The van der Waals surface area contributed by atoms with Gasteiger partial charge in [0.1, 0.15) is 28.4 Å². The van der Waals surface area contributed by atoms with E-state index in [-0.39, 0.29) is 23.3 Å². The molecule has 126 valence electrons. The summed E-state index contributed by atoms with van der Waals surface area (Å²) in [5, 5.41) is 13.0. The molecule has 0 aliphatic carbocycles. The van der Waals surface area contributed by atoms with Crippen molar-refractivity contribution in [2.75, 3.05) is 18.5 Å². The zero-order valence-corrected chi connectivity index (χ0v) is 13.7. The monoisotopic (exact) mass is 386 g/mol. The molecule has 1 atom stereocenters. The molecule has 23 heavy (non-hydrogen) atoms. The van der Waals surface area contributed by atoms with Gasteiger partial charge in [-0.15, -0.1) is 0 Å². The number of anilines is 1. The lowest BCUT2D eigenvalue weighted by molar-refractivity contribution is -0.134. The topological polar surface area (TPSA) is 54.4 Å². The number of ether oxygens (including phenoxy) is 1. The molecule has 0 aliphatic heterocycles. The molecule has 4 nitrogen and oxygen atoms in total. The Hall–Kier alpha value is -1.22. The minimum atomic E-state index is -4.43. The van der Waals surface area contributed by atoms with Crippen molar-refractivity contribution < 1.29 is 23.0 Å². The molecule has 1 heterocycles. The van der Waals surface area contributed by atoms with Gasteiger partial charge in [-0.25, -0.2) is 4.98 Å². The Labute approximate surface area is 143 Å². The van der Waals surface area contributed by atoms with Gasteiger partial charge in [-0.1, -0.05) is 40.6 Å². The average molecular weight is 387 g/mol. The summed E-state index contributed by atoms with van der Waals surface area (Å²) in [6, 6.07) is 4.82. The van der Waals surface area contributed by atoms with E-state index in [9.17, 15) is 18.3 Å². The standard InChI is InChI=1S/C13H11Cl2F3N2O2S/c14-8-2-1-3-9(11(8)15)22-6-7(21)4-19-12-20-5-10(23-12)13(16,17)18/h1-3,5,7,21H,4,6H2,(H,19,20). The van der Waals surface area contributed by atoms with Crippen molar-refractivity contribution in [2.24, 2.45) is 0 Å². The lowest BCUT2D eigenvalue weighted by atomic mass is 10.3. The largest absolute Gasteiger partial charge is 0.489 e. The Morgan fingerprint density at radius 1 is 1.35 bits per heavy atom. The van der Waals surface area contributed by atoms with Gasteiger partial charge in [0.2, 0.25) is 0 Å². The number of aliphatic hydroxyl groups excluding tert-OH is 1. The molecule has 0 aliphatic rings. The Kier molecular flexibility index (Phi) is 5.96. The van der Waals surface area contributed by atoms with Crippen LogP contribution in [-0.4, -0.2) is 29.3 Å². The van der Waals surface area contributed by atoms with Gasteiger partial charge >= 0.3 is 6.18 Å². The second kappa shape index (κ2) is 7.57. The summed E-state index contributed by atoms with van der Waals surface area (Å²) < 4.78 is 42.6. The van der Waals surface area contributed by atoms with Gasteiger partial charge in [-0.05, 0) is 12.1 Å². The third kappa shape index (κ3) is 5.13. The first-order valence-electron chi connectivity index (χ1n) is 6.29. The number of benzene rings is 1. The molecule has 1 unspecified atom stereocenters. The molecule has 0 spiro atoms. The van der Waals surface area contributed by atoms with Crippen LogP contribution in [0.3, 0.4) is 0 Å². The van der Waals surface area contributed by atoms with Crippen molar-refractivity contribution in [3.05, 3.63) is 39.3 Å². The molecule has 10 heteroatoms. The molecule has 0 fully saturated rings. The van der Waals surface area contributed by atoms with E-state index >= 15 is 0 Å². The fourth-order valence-electron chi connectivity index (χ4n) is 1.53. The van der Waals surface area contributed by atoms with Gasteiger partial charge in [0.05, 0.1) is 11.2 Å². The molecule has 1 aromatic heterocycles. The highest BCUT2D eigenvalue weighted by molar-refractivity contribution is 7.15. The minimum absolute atomic E-state index is 0.0248. The maximum absolute atomic E-state index is 12.4. The second-order valence-corrected chi connectivity index (χ2v) is 6.24.